The molecular formula is C26H34N4O6S. The minimum atomic E-state index is -4.09. The Morgan fingerprint density at radius 3 is 2.62 bits per heavy atom. The molecule has 1 heterocycles. The van der Waals surface area contributed by atoms with Crippen LogP contribution < -0.4 is 24.8 Å². The summed E-state index contributed by atoms with van der Waals surface area (Å²) in [7, 11) is -2.60. The molecule has 1 fully saturated rings. The van der Waals surface area contributed by atoms with E-state index in [1.165, 1.54) is 7.11 Å². The number of piperidine rings is 1. The molecule has 0 aliphatic carbocycles. The first kappa shape index (κ1) is 28.0. The molecule has 10 nitrogen and oxygen atoms in total. The van der Waals surface area contributed by atoms with Gasteiger partial charge in [-0.25, -0.2) is 8.42 Å². The minimum absolute atomic E-state index is 0.0401. The number of amidine groups is 1. The quantitative estimate of drug-likeness (QED) is 0.216. The Morgan fingerprint density at radius 2 is 1.95 bits per heavy atom. The topological polar surface area (TPSA) is 144 Å². The molecule has 0 saturated carbocycles. The Hall–Kier alpha value is -3.57. The van der Waals surface area contributed by atoms with Crippen molar-refractivity contribution in [1.29, 1.82) is 5.41 Å². The van der Waals surface area contributed by atoms with Crippen molar-refractivity contribution >= 4 is 33.6 Å². The molecule has 2 aromatic rings. The van der Waals surface area contributed by atoms with E-state index in [4.69, 9.17) is 25.4 Å². The number of hydrogen-bond donors (Lipinski definition) is 3. The first-order valence-corrected chi connectivity index (χ1v) is 13.7. The van der Waals surface area contributed by atoms with Gasteiger partial charge < -0.3 is 25.3 Å². The predicted molar refractivity (Wildman–Crippen MR) is 144 cm³/mol. The summed E-state index contributed by atoms with van der Waals surface area (Å²) < 4.78 is 44.2. The molecule has 0 atom stereocenters. The van der Waals surface area contributed by atoms with E-state index < -0.39 is 21.7 Å². The van der Waals surface area contributed by atoms with Crippen molar-refractivity contribution < 1.29 is 27.4 Å². The largest absolute Gasteiger partial charge is 0.493 e. The van der Waals surface area contributed by atoms with Crippen LogP contribution in [-0.4, -0.2) is 65.4 Å². The number of nitrogens with two attached hydrogens (primary N) is 1. The first-order valence-electron chi connectivity index (χ1n) is 12.1. The van der Waals surface area contributed by atoms with Crippen molar-refractivity contribution in [2.45, 2.75) is 25.9 Å². The Kier molecular flexibility index (Phi) is 9.93. The summed E-state index contributed by atoms with van der Waals surface area (Å²) in [6.45, 7) is 3.38. The second kappa shape index (κ2) is 13.1. The van der Waals surface area contributed by atoms with Gasteiger partial charge in [-0.3, -0.25) is 14.5 Å². The summed E-state index contributed by atoms with van der Waals surface area (Å²) in [5.74, 6) is -0.774. The molecule has 2 aromatic carbocycles. The van der Waals surface area contributed by atoms with Gasteiger partial charge in [-0.2, -0.15) is 0 Å². The molecule has 0 aromatic heterocycles. The zero-order chi connectivity index (χ0) is 26.8. The Bertz CT molecular complexity index is 1230. The SMILES string of the molecule is CCOC(=O)CS(=O)(=O)N(CC=Cc1cccc(C(=N)N)c1)c1ccc(OC2CCNCC2)c(OC)c1. The fourth-order valence-corrected chi connectivity index (χ4v) is 5.19. The number of carbonyl (C=O) groups is 1. The number of esters is 1. The summed E-state index contributed by atoms with van der Waals surface area (Å²) in [6, 6.07) is 11.9. The van der Waals surface area contributed by atoms with Crippen LogP contribution in [0.4, 0.5) is 5.69 Å². The van der Waals surface area contributed by atoms with Gasteiger partial charge in [0.15, 0.2) is 17.3 Å². The fourth-order valence-electron chi connectivity index (χ4n) is 3.91. The van der Waals surface area contributed by atoms with E-state index in [9.17, 15) is 13.2 Å². The van der Waals surface area contributed by atoms with Crippen LogP contribution in [0.25, 0.3) is 6.08 Å². The predicted octanol–water partition coefficient (Wildman–Crippen LogP) is 2.52. The van der Waals surface area contributed by atoms with Crippen molar-refractivity contribution in [3.05, 3.63) is 59.7 Å². The summed E-state index contributed by atoms with van der Waals surface area (Å²) in [6.07, 6.45) is 5.15. The molecule has 1 aliphatic rings. The van der Waals surface area contributed by atoms with Gasteiger partial charge in [-0.15, -0.1) is 0 Å². The number of nitrogens with zero attached hydrogens (tertiary/aromatic N) is 1. The highest BCUT2D eigenvalue weighted by molar-refractivity contribution is 7.93. The van der Waals surface area contributed by atoms with Gasteiger partial charge >= 0.3 is 5.97 Å². The van der Waals surface area contributed by atoms with Crippen molar-refractivity contribution in [3.63, 3.8) is 0 Å². The van der Waals surface area contributed by atoms with Gasteiger partial charge in [0.05, 0.1) is 25.9 Å². The molecule has 11 heteroatoms. The average Bonchev–Trinajstić information content (AvgIpc) is 2.87. The third kappa shape index (κ3) is 7.96. The summed E-state index contributed by atoms with van der Waals surface area (Å²) in [5.41, 5.74) is 7.19. The van der Waals surface area contributed by atoms with Crippen LogP contribution in [0.1, 0.15) is 30.9 Å². The fraction of sp³-hybridized carbons (Fsp3) is 0.385. The number of hydrogen-bond acceptors (Lipinski definition) is 8. The molecule has 3 rings (SSSR count). The summed E-state index contributed by atoms with van der Waals surface area (Å²) in [4.78, 5) is 12.1. The lowest BCUT2D eigenvalue weighted by Crippen LogP contribution is -2.36. The maximum atomic E-state index is 13.3. The Morgan fingerprint density at radius 1 is 1.19 bits per heavy atom. The van der Waals surface area contributed by atoms with Crippen LogP contribution in [0.3, 0.4) is 0 Å². The number of benzene rings is 2. The lowest BCUT2D eigenvalue weighted by molar-refractivity contribution is -0.139. The number of methoxy groups -OCH3 is 1. The number of ether oxygens (including phenoxy) is 3. The standard InChI is InChI=1S/C26H34N4O6S/c1-3-35-25(31)18-37(32,33)30(15-5-7-19-6-4-8-20(16-19)26(27)28)21-9-10-23(24(17-21)34-2)36-22-11-13-29-14-12-22/h4-10,16-17,22,29H,3,11-15,18H2,1-2H3,(H3,27,28). The van der Waals surface area contributed by atoms with Crippen molar-refractivity contribution in [1.82, 2.24) is 5.32 Å². The number of carbonyl (C=O) groups excluding carboxylic acids is 1. The highest BCUT2D eigenvalue weighted by atomic mass is 32.2. The van der Waals surface area contributed by atoms with Crippen LogP contribution in [-0.2, 0) is 19.6 Å². The van der Waals surface area contributed by atoms with E-state index in [1.54, 1.807) is 55.5 Å². The molecule has 0 unspecified atom stereocenters. The van der Waals surface area contributed by atoms with Gasteiger partial charge in [0.1, 0.15) is 11.9 Å². The van der Waals surface area contributed by atoms with Crippen molar-refractivity contribution in [3.8, 4) is 11.5 Å². The normalized spacial score (nSPS) is 14.3. The third-order valence-corrected chi connectivity index (χ3v) is 7.37. The molecule has 200 valence electrons. The lowest BCUT2D eigenvalue weighted by atomic mass is 10.1. The highest BCUT2D eigenvalue weighted by Gasteiger charge is 2.27. The van der Waals surface area contributed by atoms with Crippen molar-refractivity contribution in [2.75, 3.05) is 43.4 Å². The second-order valence-corrected chi connectivity index (χ2v) is 10.3. The van der Waals surface area contributed by atoms with E-state index >= 15 is 0 Å². The summed E-state index contributed by atoms with van der Waals surface area (Å²) >= 11 is 0. The average molecular weight is 531 g/mol. The maximum absolute atomic E-state index is 13.3. The molecule has 1 saturated heterocycles. The molecular weight excluding hydrogens is 496 g/mol. The number of sulfonamides is 1. The van der Waals surface area contributed by atoms with E-state index in [1.807, 2.05) is 6.07 Å². The van der Waals surface area contributed by atoms with Crippen LogP contribution in [0, 0.1) is 5.41 Å². The van der Waals surface area contributed by atoms with Gasteiger partial charge in [-0.05, 0) is 56.6 Å². The number of nitrogen functional groups attached to an aromatic ring is 1. The van der Waals surface area contributed by atoms with Gasteiger partial charge in [0.25, 0.3) is 0 Å². The lowest BCUT2D eigenvalue weighted by Gasteiger charge is -2.26. The van der Waals surface area contributed by atoms with Crippen LogP contribution in [0.2, 0.25) is 0 Å². The zero-order valence-corrected chi connectivity index (χ0v) is 21.9. The van der Waals surface area contributed by atoms with Crippen LogP contribution in [0.5, 0.6) is 11.5 Å². The zero-order valence-electron chi connectivity index (χ0n) is 21.1. The highest BCUT2D eigenvalue weighted by Crippen LogP contribution is 2.34. The summed E-state index contributed by atoms with van der Waals surface area (Å²) in [5, 5.41) is 10.9. The van der Waals surface area contributed by atoms with E-state index in [0.717, 1.165) is 35.8 Å². The molecule has 0 bridgehead atoms. The van der Waals surface area contributed by atoms with Crippen LogP contribution >= 0.6 is 0 Å². The maximum Gasteiger partial charge on any atom is 0.323 e. The number of rotatable bonds is 12. The van der Waals surface area contributed by atoms with E-state index in [0.29, 0.717) is 22.7 Å². The second-order valence-electron chi connectivity index (χ2n) is 8.44. The molecule has 4 N–H and O–H groups in total. The van der Waals surface area contributed by atoms with Gasteiger partial charge in [-0.1, -0.05) is 30.4 Å². The molecule has 0 amide bonds. The molecule has 1 aliphatic heterocycles. The number of nitrogens with one attached hydrogen (secondary N) is 2. The van der Waals surface area contributed by atoms with Gasteiger partial charge in [0, 0.05) is 11.6 Å². The van der Waals surface area contributed by atoms with Crippen molar-refractivity contribution in [2.24, 2.45) is 5.73 Å². The molecule has 37 heavy (non-hydrogen) atoms. The Balaban J connectivity index is 1.89. The van der Waals surface area contributed by atoms with E-state index in [2.05, 4.69) is 5.32 Å². The van der Waals surface area contributed by atoms with E-state index in [-0.39, 0.29) is 25.1 Å². The minimum Gasteiger partial charge on any atom is -0.493 e. The smallest absolute Gasteiger partial charge is 0.323 e. The third-order valence-electron chi connectivity index (χ3n) is 5.74. The van der Waals surface area contributed by atoms with Crippen LogP contribution in [0.15, 0.2) is 48.5 Å². The first-order chi connectivity index (χ1) is 17.7. The molecule has 0 radical (unpaired) electrons. The number of anilines is 1. The Labute approximate surface area is 218 Å². The monoisotopic (exact) mass is 530 g/mol. The molecule has 0 spiro atoms. The van der Waals surface area contributed by atoms with Gasteiger partial charge in [0.2, 0.25) is 10.0 Å².